The van der Waals surface area contributed by atoms with Gasteiger partial charge in [-0.3, -0.25) is 9.59 Å². The minimum Gasteiger partial charge on any atom is -0.454 e. The molecule has 0 spiro atoms. The van der Waals surface area contributed by atoms with Gasteiger partial charge in [-0.05, 0) is 52.2 Å². The number of nitrogens with one attached hydrogen (secondary N) is 1. The molecular formula is C22H23BrN2O4. The van der Waals surface area contributed by atoms with Gasteiger partial charge in [0.05, 0.1) is 5.69 Å². The second kappa shape index (κ2) is 7.71. The van der Waals surface area contributed by atoms with Crippen LogP contribution in [0.2, 0.25) is 0 Å². The topological polar surface area (TPSA) is 67.9 Å². The summed E-state index contributed by atoms with van der Waals surface area (Å²) in [6, 6.07) is 13.4. The number of ether oxygens (including phenoxy) is 2. The maximum absolute atomic E-state index is 12.8. The normalized spacial score (nSPS) is 18.2. The van der Waals surface area contributed by atoms with Gasteiger partial charge in [-0.15, -0.1) is 0 Å². The molecule has 1 atom stereocenters. The van der Waals surface area contributed by atoms with Crippen molar-refractivity contribution in [2.75, 3.05) is 24.8 Å². The van der Waals surface area contributed by atoms with Crippen LogP contribution in [0.4, 0.5) is 5.69 Å². The molecule has 2 aromatic rings. The van der Waals surface area contributed by atoms with Gasteiger partial charge in [-0.2, -0.15) is 0 Å². The van der Waals surface area contributed by atoms with E-state index in [0.29, 0.717) is 19.5 Å². The Kier molecular flexibility index (Phi) is 5.25. The first-order valence-electron chi connectivity index (χ1n) is 9.60. The lowest BCUT2D eigenvalue weighted by molar-refractivity contribution is -0.132. The number of hydrogen-bond acceptors (Lipinski definition) is 4. The number of anilines is 1. The van der Waals surface area contributed by atoms with E-state index in [1.165, 1.54) is 0 Å². The standard InChI is InChI=1S/C22H23BrN2O4/c1-22(2,14-7-8-18-19(11-14)29-13-28-18)12-24-20(26)15-9-10-25(21(15)27)17-6-4-3-5-16(17)23/h3-8,11,15H,9-10,12-13H2,1-2H3,(H,24,26). The van der Waals surface area contributed by atoms with Crippen LogP contribution in [0.3, 0.4) is 0 Å². The van der Waals surface area contributed by atoms with E-state index in [2.05, 4.69) is 35.1 Å². The fourth-order valence-corrected chi connectivity index (χ4v) is 4.18. The smallest absolute Gasteiger partial charge is 0.239 e. The zero-order chi connectivity index (χ0) is 20.6. The van der Waals surface area contributed by atoms with Crippen molar-refractivity contribution in [2.24, 2.45) is 5.92 Å². The third-order valence-electron chi connectivity index (χ3n) is 5.52. The minimum absolute atomic E-state index is 0.157. The van der Waals surface area contributed by atoms with Gasteiger partial charge in [0.25, 0.3) is 0 Å². The first-order valence-corrected chi connectivity index (χ1v) is 10.4. The molecule has 0 aliphatic carbocycles. The molecule has 6 nitrogen and oxygen atoms in total. The molecule has 2 amide bonds. The fourth-order valence-electron chi connectivity index (χ4n) is 3.68. The summed E-state index contributed by atoms with van der Waals surface area (Å²) in [7, 11) is 0. The molecule has 2 heterocycles. The Bertz CT molecular complexity index is 960. The highest BCUT2D eigenvalue weighted by atomic mass is 79.9. The van der Waals surface area contributed by atoms with Crippen LogP contribution in [-0.4, -0.2) is 31.7 Å². The zero-order valence-electron chi connectivity index (χ0n) is 16.4. The van der Waals surface area contributed by atoms with Crippen LogP contribution < -0.4 is 19.7 Å². The zero-order valence-corrected chi connectivity index (χ0v) is 18.0. The summed E-state index contributed by atoms with van der Waals surface area (Å²) in [6.07, 6.45) is 0.510. The summed E-state index contributed by atoms with van der Waals surface area (Å²) in [5, 5.41) is 2.98. The second-order valence-corrected chi connectivity index (χ2v) is 8.81. The summed E-state index contributed by atoms with van der Waals surface area (Å²) < 4.78 is 11.7. The molecule has 7 heteroatoms. The lowest BCUT2D eigenvalue weighted by Gasteiger charge is -2.26. The molecule has 0 bridgehead atoms. The third kappa shape index (κ3) is 3.83. The van der Waals surface area contributed by atoms with Gasteiger partial charge in [0.2, 0.25) is 18.6 Å². The fraction of sp³-hybridized carbons (Fsp3) is 0.364. The summed E-state index contributed by atoms with van der Waals surface area (Å²) in [5.74, 6) is 0.414. The average molecular weight is 459 g/mol. The Morgan fingerprint density at radius 1 is 1.21 bits per heavy atom. The highest BCUT2D eigenvalue weighted by Gasteiger charge is 2.38. The van der Waals surface area contributed by atoms with Crippen molar-refractivity contribution in [3.63, 3.8) is 0 Å². The summed E-state index contributed by atoms with van der Waals surface area (Å²) in [6.45, 7) is 5.28. The summed E-state index contributed by atoms with van der Waals surface area (Å²) in [4.78, 5) is 27.3. The number of rotatable bonds is 5. The van der Waals surface area contributed by atoms with E-state index in [9.17, 15) is 9.59 Å². The van der Waals surface area contributed by atoms with E-state index in [0.717, 1.165) is 27.2 Å². The van der Waals surface area contributed by atoms with Crippen molar-refractivity contribution in [1.82, 2.24) is 5.32 Å². The van der Waals surface area contributed by atoms with Gasteiger partial charge in [0, 0.05) is 23.0 Å². The highest BCUT2D eigenvalue weighted by molar-refractivity contribution is 9.10. The molecule has 0 saturated carbocycles. The van der Waals surface area contributed by atoms with Crippen LogP contribution in [0.1, 0.15) is 25.8 Å². The van der Waals surface area contributed by atoms with Crippen molar-refractivity contribution < 1.29 is 19.1 Å². The van der Waals surface area contributed by atoms with Crippen molar-refractivity contribution in [1.29, 1.82) is 0 Å². The van der Waals surface area contributed by atoms with E-state index < -0.39 is 5.92 Å². The molecule has 1 fully saturated rings. The number of carbonyl (C=O) groups is 2. The predicted octanol–water partition coefficient (Wildman–Crippen LogP) is 3.62. The average Bonchev–Trinajstić information content (AvgIpc) is 3.32. The number of halogens is 1. The molecule has 29 heavy (non-hydrogen) atoms. The van der Waals surface area contributed by atoms with Crippen LogP contribution >= 0.6 is 15.9 Å². The number of benzene rings is 2. The molecule has 4 rings (SSSR count). The lowest BCUT2D eigenvalue weighted by atomic mass is 9.84. The van der Waals surface area contributed by atoms with E-state index in [-0.39, 0.29) is 24.0 Å². The van der Waals surface area contributed by atoms with E-state index in [4.69, 9.17) is 9.47 Å². The summed E-state index contributed by atoms with van der Waals surface area (Å²) in [5.41, 5.74) is 1.52. The first-order chi connectivity index (χ1) is 13.9. The number of nitrogens with zero attached hydrogens (tertiary/aromatic N) is 1. The SMILES string of the molecule is CC(C)(CNC(=O)C1CCN(c2ccccc2Br)C1=O)c1ccc2c(c1)OCO2. The third-order valence-corrected chi connectivity index (χ3v) is 6.19. The Morgan fingerprint density at radius 3 is 2.76 bits per heavy atom. The Labute approximate surface area is 178 Å². The van der Waals surface area contributed by atoms with Gasteiger partial charge < -0.3 is 19.7 Å². The highest BCUT2D eigenvalue weighted by Crippen LogP contribution is 2.36. The van der Waals surface area contributed by atoms with Gasteiger partial charge in [0.1, 0.15) is 5.92 Å². The molecule has 1 unspecified atom stereocenters. The van der Waals surface area contributed by atoms with Gasteiger partial charge in [0.15, 0.2) is 11.5 Å². The van der Waals surface area contributed by atoms with E-state index in [1.54, 1.807) is 4.90 Å². The van der Waals surface area contributed by atoms with Crippen molar-refractivity contribution >= 4 is 33.4 Å². The number of carbonyl (C=O) groups excluding carboxylic acids is 2. The van der Waals surface area contributed by atoms with Crippen molar-refractivity contribution in [3.8, 4) is 11.5 Å². The van der Waals surface area contributed by atoms with E-state index >= 15 is 0 Å². The van der Waals surface area contributed by atoms with Crippen LogP contribution in [0.15, 0.2) is 46.9 Å². The predicted molar refractivity (Wildman–Crippen MR) is 113 cm³/mol. The van der Waals surface area contributed by atoms with Gasteiger partial charge in [-0.1, -0.05) is 32.0 Å². The number of para-hydroxylation sites is 1. The molecule has 1 N–H and O–H groups in total. The Morgan fingerprint density at radius 2 is 1.97 bits per heavy atom. The molecule has 0 radical (unpaired) electrons. The maximum Gasteiger partial charge on any atom is 0.239 e. The summed E-state index contributed by atoms with van der Waals surface area (Å²) >= 11 is 3.48. The number of hydrogen-bond donors (Lipinski definition) is 1. The molecule has 2 aromatic carbocycles. The molecule has 152 valence electrons. The lowest BCUT2D eigenvalue weighted by Crippen LogP contribution is -2.42. The largest absolute Gasteiger partial charge is 0.454 e. The van der Waals surface area contributed by atoms with Crippen molar-refractivity contribution in [2.45, 2.75) is 25.7 Å². The number of fused-ring (bicyclic) bond motifs is 1. The quantitative estimate of drug-likeness (QED) is 0.694. The Hall–Kier alpha value is -2.54. The van der Waals surface area contributed by atoms with Crippen LogP contribution in [0.25, 0.3) is 0 Å². The van der Waals surface area contributed by atoms with Crippen LogP contribution in [0.5, 0.6) is 11.5 Å². The van der Waals surface area contributed by atoms with Crippen LogP contribution in [-0.2, 0) is 15.0 Å². The van der Waals surface area contributed by atoms with Crippen molar-refractivity contribution in [3.05, 3.63) is 52.5 Å². The monoisotopic (exact) mass is 458 g/mol. The number of amides is 2. The first kappa shape index (κ1) is 19.8. The van der Waals surface area contributed by atoms with E-state index in [1.807, 2.05) is 42.5 Å². The Balaban J connectivity index is 1.41. The maximum atomic E-state index is 12.8. The molecule has 1 saturated heterocycles. The molecule has 2 aliphatic heterocycles. The van der Waals surface area contributed by atoms with Crippen LogP contribution in [0, 0.1) is 5.92 Å². The minimum atomic E-state index is -0.658. The molecular weight excluding hydrogens is 436 g/mol. The molecule has 0 aromatic heterocycles. The van der Waals surface area contributed by atoms with Gasteiger partial charge in [-0.25, -0.2) is 0 Å². The second-order valence-electron chi connectivity index (χ2n) is 7.95. The molecule has 2 aliphatic rings. The van der Waals surface area contributed by atoms with Gasteiger partial charge >= 0.3 is 0 Å².